The second kappa shape index (κ2) is 7.63. The maximum atomic E-state index is 12.4. The van der Waals surface area contributed by atoms with Gasteiger partial charge in [0.1, 0.15) is 5.00 Å². The first-order valence-electron chi connectivity index (χ1n) is 8.69. The molecule has 3 rings (SSSR count). The van der Waals surface area contributed by atoms with Gasteiger partial charge in [-0.25, -0.2) is 4.79 Å². The lowest BCUT2D eigenvalue weighted by molar-refractivity contribution is -0.115. The quantitative estimate of drug-likeness (QED) is 0.735. The van der Waals surface area contributed by atoms with Crippen LogP contribution in [0.15, 0.2) is 0 Å². The number of esters is 1. The summed E-state index contributed by atoms with van der Waals surface area (Å²) in [5.41, 5.74) is 1.61. The Hall–Kier alpha value is -1.44. The van der Waals surface area contributed by atoms with Crippen LogP contribution in [0.4, 0.5) is 5.00 Å². The second-order valence-electron chi connectivity index (χ2n) is 6.25. The van der Waals surface area contributed by atoms with Crippen molar-refractivity contribution in [3.05, 3.63) is 16.0 Å². The summed E-state index contributed by atoms with van der Waals surface area (Å²) in [5.74, 6) is -0.427. The third-order valence-corrected chi connectivity index (χ3v) is 5.58. The van der Waals surface area contributed by atoms with Crippen molar-refractivity contribution in [3.8, 4) is 0 Å². The number of ether oxygens (including phenoxy) is 1. The van der Waals surface area contributed by atoms with Crippen LogP contribution in [-0.2, 0) is 22.5 Å². The minimum Gasteiger partial charge on any atom is -0.462 e. The maximum Gasteiger partial charge on any atom is 0.341 e. The zero-order valence-electron chi connectivity index (χ0n) is 14.3. The molecule has 1 aromatic heterocycles. The summed E-state index contributed by atoms with van der Waals surface area (Å²) in [6, 6.07) is 0.481. The number of carbonyl (C=O) groups excluding carboxylic acids is 2. The molecule has 1 aliphatic carbocycles. The highest BCUT2D eigenvalue weighted by molar-refractivity contribution is 7.17. The number of thiophene rings is 1. The van der Waals surface area contributed by atoms with Gasteiger partial charge in [0, 0.05) is 24.0 Å². The number of amides is 1. The fourth-order valence-electron chi connectivity index (χ4n) is 2.93. The Bertz CT molecular complexity index is 625. The largest absolute Gasteiger partial charge is 0.462 e. The third-order valence-electron chi connectivity index (χ3n) is 4.44. The van der Waals surface area contributed by atoms with Gasteiger partial charge in [0.15, 0.2) is 0 Å². The number of nitrogens with one attached hydrogen (secondary N) is 2. The Balaban J connectivity index is 1.79. The van der Waals surface area contributed by atoms with Gasteiger partial charge in [0.2, 0.25) is 5.91 Å². The van der Waals surface area contributed by atoms with Crippen LogP contribution in [0.3, 0.4) is 0 Å². The number of likely N-dealkylation sites (N-methyl/N-ethyl adjacent to an activating group) is 1. The van der Waals surface area contributed by atoms with Crippen molar-refractivity contribution >= 4 is 28.2 Å². The number of hydrogen-bond acceptors (Lipinski definition) is 6. The summed E-state index contributed by atoms with van der Waals surface area (Å²) in [7, 11) is 0. The highest BCUT2D eigenvalue weighted by atomic mass is 32.1. The lowest BCUT2D eigenvalue weighted by Gasteiger charge is -2.25. The highest BCUT2D eigenvalue weighted by Gasteiger charge is 2.29. The minimum atomic E-state index is -0.328. The molecule has 0 radical (unpaired) electrons. The van der Waals surface area contributed by atoms with Gasteiger partial charge in [-0.05, 0) is 38.3 Å². The number of hydrogen-bond donors (Lipinski definition) is 2. The SMILES string of the molecule is CCOC(=O)c1c(NC(=O)CNC2CC2)sc2c1CCN(CC)C2. The fourth-order valence-corrected chi connectivity index (χ4v) is 4.22. The van der Waals surface area contributed by atoms with E-state index < -0.39 is 0 Å². The van der Waals surface area contributed by atoms with Crippen LogP contribution in [0.5, 0.6) is 0 Å². The van der Waals surface area contributed by atoms with Crippen molar-refractivity contribution in [2.45, 2.75) is 45.7 Å². The van der Waals surface area contributed by atoms with Crippen molar-refractivity contribution in [3.63, 3.8) is 0 Å². The van der Waals surface area contributed by atoms with Gasteiger partial charge in [-0.3, -0.25) is 9.69 Å². The van der Waals surface area contributed by atoms with E-state index in [-0.39, 0.29) is 18.4 Å². The Labute approximate surface area is 146 Å². The van der Waals surface area contributed by atoms with Crippen molar-refractivity contribution < 1.29 is 14.3 Å². The zero-order valence-corrected chi connectivity index (χ0v) is 15.1. The number of nitrogens with zero attached hydrogens (tertiary/aromatic N) is 1. The third kappa shape index (κ3) is 3.96. The molecule has 2 aliphatic rings. The van der Waals surface area contributed by atoms with E-state index in [0.717, 1.165) is 49.3 Å². The van der Waals surface area contributed by atoms with E-state index in [2.05, 4.69) is 22.5 Å². The summed E-state index contributed by atoms with van der Waals surface area (Å²) in [6.07, 6.45) is 3.10. The molecule has 1 fully saturated rings. The molecule has 0 unspecified atom stereocenters. The average molecular weight is 351 g/mol. The zero-order chi connectivity index (χ0) is 17.1. The summed E-state index contributed by atoms with van der Waals surface area (Å²) in [6.45, 7) is 7.31. The van der Waals surface area contributed by atoms with E-state index in [0.29, 0.717) is 23.2 Å². The van der Waals surface area contributed by atoms with Gasteiger partial charge < -0.3 is 15.4 Å². The maximum absolute atomic E-state index is 12.4. The minimum absolute atomic E-state index is 0.0987. The van der Waals surface area contributed by atoms with E-state index >= 15 is 0 Å². The van der Waals surface area contributed by atoms with Gasteiger partial charge >= 0.3 is 5.97 Å². The number of fused-ring (bicyclic) bond motifs is 1. The fraction of sp³-hybridized carbons (Fsp3) is 0.647. The summed E-state index contributed by atoms with van der Waals surface area (Å²) >= 11 is 1.51. The van der Waals surface area contributed by atoms with Crippen LogP contribution in [0.2, 0.25) is 0 Å². The number of anilines is 1. The lowest BCUT2D eigenvalue weighted by Crippen LogP contribution is -2.30. The molecule has 1 amide bonds. The first kappa shape index (κ1) is 17.4. The lowest BCUT2D eigenvalue weighted by atomic mass is 10.0. The predicted molar refractivity (Wildman–Crippen MR) is 94.6 cm³/mol. The molecular formula is C17H25N3O3S. The van der Waals surface area contributed by atoms with Crippen LogP contribution >= 0.6 is 11.3 Å². The molecule has 2 heterocycles. The molecule has 7 heteroatoms. The first-order valence-corrected chi connectivity index (χ1v) is 9.51. The average Bonchev–Trinajstić information content (AvgIpc) is 3.33. The molecule has 2 N–H and O–H groups in total. The van der Waals surface area contributed by atoms with Gasteiger partial charge in [-0.15, -0.1) is 11.3 Å². The number of carbonyl (C=O) groups is 2. The van der Waals surface area contributed by atoms with Crippen molar-refractivity contribution in [2.24, 2.45) is 0 Å². The predicted octanol–water partition coefficient (Wildman–Crippen LogP) is 1.99. The number of rotatable bonds is 7. The van der Waals surface area contributed by atoms with E-state index in [1.54, 1.807) is 6.92 Å². The summed E-state index contributed by atoms with van der Waals surface area (Å²) in [5, 5.41) is 6.76. The Morgan fingerprint density at radius 2 is 2.12 bits per heavy atom. The molecule has 6 nitrogen and oxygen atoms in total. The van der Waals surface area contributed by atoms with Crippen molar-refractivity contribution in [1.29, 1.82) is 0 Å². The van der Waals surface area contributed by atoms with Crippen molar-refractivity contribution in [2.75, 3.05) is 31.6 Å². The van der Waals surface area contributed by atoms with Crippen LogP contribution in [-0.4, -0.2) is 49.1 Å². The van der Waals surface area contributed by atoms with Crippen LogP contribution in [0.25, 0.3) is 0 Å². The molecule has 0 saturated heterocycles. The molecule has 0 aromatic carbocycles. The van der Waals surface area contributed by atoms with E-state index in [4.69, 9.17) is 4.74 Å². The molecule has 1 saturated carbocycles. The van der Waals surface area contributed by atoms with Gasteiger partial charge in [0.05, 0.1) is 18.7 Å². The van der Waals surface area contributed by atoms with Gasteiger partial charge in [-0.1, -0.05) is 6.92 Å². The second-order valence-corrected chi connectivity index (χ2v) is 7.36. The van der Waals surface area contributed by atoms with Crippen LogP contribution < -0.4 is 10.6 Å². The normalized spacial score (nSPS) is 17.4. The highest BCUT2D eigenvalue weighted by Crippen LogP contribution is 2.37. The van der Waals surface area contributed by atoms with E-state index in [9.17, 15) is 9.59 Å². The molecule has 1 aliphatic heterocycles. The molecule has 24 heavy (non-hydrogen) atoms. The Morgan fingerprint density at radius 1 is 1.33 bits per heavy atom. The molecule has 1 aromatic rings. The Kier molecular flexibility index (Phi) is 5.53. The first-order chi connectivity index (χ1) is 11.6. The van der Waals surface area contributed by atoms with Crippen LogP contribution in [0.1, 0.15) is 47.5 Å². The van der Waals surface area contributed by atoms with E-state index in [1.165, 1.54) is 11.3 Å². The molecule has 0 bridgehead atoms. The van der Waals surface area contributed by atoms with Gasteiger partial charge in [-0.2, -0.15) is 0 Å². The smallest absolute Gasteiger partial charge is 0.341 e. The monoisotopic (exact) mass is 351 g/mol. The topological polar surface area (TPSA) is 70.7 Å². The molecule has 0 atom stereocenters. The molecule has 0 spiro atoms. The molecule has 132 valence electrons. The standard InChI is InChI=1S/C17H25N3O3S/c1-3-20-8-7-12-13(10-20)24-16(15(12)17(22)23-4-2)19-14(21)9-18-11-5-6-11/h11,18H,3-10H2,1-2H3,(H,19,21). The van der Waals surface area contributed by atoms with E-state index in [1.807, 2.05) is 0 Å². The van der Waals surface area contributed by atoms with Gasteiger partial charge in [0.25, 0.3) is 0 Å². The van der Waals surface area contributed by atoms with Crippen LogP contribution in [0, 0.1) is 0 Å². The summed E-state index contributed by atoms with van der Waals surface area (Å²) < 4.78 is 5.22. The molecular weight excluding hydrogens is 326 g/mol. The summed E-state index contributed by atoms with van der Waals surface area (Å²) in [4.78, 5) is 28.1. The Morgan fingerprint density at radius 3 is 2.79 bits per heavy atom. The van der Waals surface area contributed by atoms with Crippen molar-refractivity contribution in [1.82, 2.24) is 10.2 Å².